The molecule has 4 rings (SSSR count). The molecule has 0 radical (unpaired) electrons. The van der Waals surface area contributed by atoms with Gasteiger partial charge in [-0.1, -0.05) is 18.2 Å². The Hall–Kier alpha value is -4.52. The molecule has 37 heavy (non-hydrogen) atoms. The summed E-state index contributed by atoms with van der Waals surface area (Å²) in [6, 6.07) is 9.34. The number of hydrogen-bond donors (Lipinski definition) is 2. The van der Waals surface area contributed by atoms with Crippen LogP contribution in [-0.4, -0.2) is 39.8 Å². The Bertz CT molecular complexity index is 1380. The van der Waals surface area contributed by atoms with Gasteiger partial charge in [0.15, 0.2) is 0 Å². The van der Waals surface area contributed by atoms with E-state index in [0.717, 1.165) is 33.4 Å². The number of nitrogen functional groups attached to an aromatic ring is 1. The number of allylic oxidation sites excluding steroid dienone is 1. The molecule has 7 heteroatoms. The molecule has 0 aliphatic carbocycles. The standard InChI is InChI=1S/C30H31N5O2/c1-4-26-24(17-25(18-28(26)31)27-19-33-10-5-20(27)2)15-21(3)34-29(36)16-22-8-13-35(14-9-22)30(37)23-6-11-32-12-7-23/h4-7,10-12,15-19H,1,8-9,13-14,31H2,2-3H3,(H,34,36)/b21-15+. The smallest absolute Gasteiger partial charge is 0.253 e. The Kier molecular flexibility index (Phi) is 7.93. The van der Waals surface area contributed by atoms with Crippen molar-refractivity contribution < 1.29 is 9.59 Å². The number of aromatic nitrogens is 2. The number of pyridine rings is 2. The first kappa shape index (κ1) is 25.6. The Labute approximate surface area is 217 Å². The van der Waals surface area contributed by atoms with E-state index in [4.69, 9.17) is 5.73 Å². The summed E-state index contributed by atoms with van der Waals surface area (Å²) in [5.74, 6) is -0.198. The predicted molar refractivity (Wildman–Crippen MR) is 148 cm³/mol. The van der Waals surface area contributed by atoms with Gasteiger partial charge in [-0.2, -0.15) is 0 Å². The zero-order valence-corrected chi connectivity index (χ0v) is 21.2. The average molecular weight is 494 g/mol. The third kappa shape index (κ3) is 6.19. The molecule has 0 unspecified atom stereocenters. The highest BCUT2D eigenvalue weighted by atomic mass is 16.2. The second-order valence-electron chi connectivity index (χ2n) is 9.11. The average Bonchev–Trinajstić information content (AvgIpc) is 2.89. The fraction of sp³-hybridized carbons (Fsp3) is 0.200. The first-order chi connectivity index (χ1) is 17.9. The van der Waals surface area contributed by atoms with Crippen LogP contribution in [0.25, 0.3) is 23.3 Å². The fourth-order valence-corrected chi connectivity index (χ4v) is 4.48. The normalized spacial score (nSPS) is 13.7. The molecule has 1 aliphatic heterocycles. The largest absolute Gasteiger partial charge is 0.398 e. The molecule has 0 bridgehead atoms. The lowest BCUT2D eigenvalue weighted by Crippen LogP contribution is -2.36. The van der Waals surface area contributed by atoms with E-state index >= 15 is 0 Å². The molecule has 7 nitrogen and oxygen atoms in total. The molecule has 1 aliphatic rings. The van der Waals surface area contributed by atoms with Crippen molar-refractivity contribution >= 4 is 29.7 Å². The van der Waals surface area contributed by atoms with Gasteiger partial charge in [0.25, 0.3) is 5.91 Å². The first-order valence-corrected chi connectivity index (χ1v) is 12.2. The van der Waals surface area contributed by atoms with Gasteiger partial charge in [-0.15, -0.1) is 0 Å². The molecule has 0 spiro atoms. The van der Waals surface area contributed by atoms with Gasteiger partial charge in [-0.25, -0.2) is 0 Å². The van der Waals surface area contributed by atoms with E-state index in [1.165, 1.54) is 0 Å². The highest BCUT2D eigenvalue weighted by molar-refractivity contribution is 5.94. The summed E-state index contributed by atoms with van der Waals surface area (Å²) in [4.78, 5) is 35.4. The first-order valence-electron chi connectivity index (χ1n) is 12.2. The van der Waals surface area contributed by atoms with Crippen LogP contribution >= 0.6 is 0 Å². The summed E-state index contributed by atoms with van der Waals surface area (Å²) >= 11 is 0. The van der Waals surface area contributed by atoms with E-state index < -0.39 is 0 Å². The number of carbonyl (C=O) groups excluding carboxylic acids is 2. The quantitative estimate of drug-likeness (QED) is 0.371. The van der Waals surface area contributed by atoms with Crippen molar-refractivity contribution in [2.24, 2.45) is 0 Å². The minimum absolute atomic E-state index is 0.00863. The number of carbonyl (C=O) groups is 2. The molecule has 2 amide bonds. The van der Waals surface area contributed by atoms with Crippen LogP contribution in [0.2, 0.25) is 0 Å². The van der Waals surface area contributed by atoms with Crippen molar-refractivity contribution in [2.75, 3.05) is 18.8 Å². The summed E-state index contributed by atoms with van der Waals surface area (Å²) in [5, 5.41) is 2.95. The number of nitrogens with one attached hydrogen (secondary N) is 1. The molecule has 0 atom stereocenters. The number of nitrogens with zero attached hydrogens (tertiary/aromatic N) is 3. The van der Waals surface area contributed by atoms with E-state index in [9.17, 15) is 9.59 Å². The maximum Gasteiger partial charge on any atom is 0.253 e. The van der Waals surface area contributed by atoms with Gasteiger partial charge in [0.2, 0.25) is 5.91 Å². The van der Waals surface area contributed by atoms with E-state index in [1.807, 2.05) is 49.2 Å². The van der Waals surface area contributed by atoms with E-state index in [0.29, 0.717) is 42.9 Å². The Morgan fingerprint density at radius 1 is 1.08 bits per heavy atom. The topological polar surface area (TPSA) is 101 Å². The second-order valence-corrected chi connectivity index (χ2v) is 9.11. The molecular formula is C30H31N5O2. The van der Waals surface area contributed by atoms with Crippen molar-refractivity contribution in [1.82, 2.24) is 20.2 Å². The lowest BCUT2D eigenvalue weighted by Gasteiger charge is -2.28. The summed E-state index contributed by atoms with van der Waals surface area (Å²) in [5.41, 5.74) is 14.0. The number of nitrogens with two attached hydrogens (primary N) is 1. The number of likely N-dealkylation sites (tertiary alicyclic amines) is 1. The van der Waals surface area contributed by atoms with Crippen LogP contribution in [0.3, 0.4) is 0 Å². The van der Waals surface area contributed by atoms with Crippen LogP contribution in [0.1, 0.15) is 46.8 Å². The van der Waals surface area contributed by atoms with E-state index in [2.05, 4.69) is 21.9 Å². The SMILES string of the molecule is C=Cc1c(N)cc(-c2cnccc2C)cc1/C=C(\C)NC(=O)C=C1CCN(C(=O)c2ccncc2)CC1. The number of aryl methyl sites for hydroxylation is 1. The number of anilines is 1. The monoisotopic (exact) mass is 493 g/mol. The summed E-state index contributed by atoms with van der Waals surface area (Å²) in [7, 11) is 0. The third-order valence-electron chi connectivity index (χ3n) is 6.45. The van der Waals surface area contributed by atoms with Gasteiger partial charge in [0.1, 0.15) is 0 Å². The summed E-state index contributed by atoms with van der Waals surface area (Å²) in [6.07, 6.45) is 13.4. The number of benzene rings is 1. The van der Waals surface area contributed by atoms with E-state index in [1.54, 1.807) is 42.9 Å². The molecule has 3 aromatic rings. The predicted octanol–water partition coefficient (Wildman–Crippen LogP) is 5.02. The van der Waals surface area contributed by atoms with Gasteiger partial charge in [-0.05, 0) is 79.8 Å². The summed E-state index contributed by atoms with van der Waals surface area (Å²) in [6.45, 7) is 8.94. The van der Waals surface area contributed by atoms with Crippen molar-refractivity contribution in [1.29, 1.82) is 0 Å². The Balaban J connectivity index is 1.44. The van der Waals surface area contributed by atoms with Crippen LogP contribution in [0.5, 0.6) is 0 Å². The zero-order chi connectivity index (χ0) is 26.4. The molecular weight excluding hydrogens is 462 g/mol. The maximum absolute atomic E-state index is 12.7. The molecule has 3 heterocycles. The number of hydrogen-bond acceptors (Lipinski definition) is 5. The van der Waals surface area contributed by atoms with Gasteiger partial charge < -0.3 is 16.0 Å². The lowest BCUT2D eigenvalue weighted by molar-refractivity contribution is -0.115. The molecule has 1 fully saturated rings. The molecule has 3 N–H and O–H groups in total. The van der Waals surface area contributed by atoms with Gasteiger partial charge in [0, 0.05) is 72.0 Å². The molecule has 0 saturated carbocycles. The molecule has 2 aromatic heterocycles. The number of piperidine rings is 1. The van der Waals surface area contributed by atoms with Crippen molar-refractivity contribution in [2.45, 2.75) is 26.7 Å². The second kappa shape index (κ2) is 11.5. The maximum atomic E-state index is 12.7. The minimum atomic E-state index is -0.190. The van der Waals surface area contributed by atoms with Gasteiger partial charge >= 0.3 is 0 Å². The van der Waals surface area contributed by atoms with E-state index in [-0.39, 0.29) is 11.8 Å². The molecule has 1 aromatic carbocycles. The van der Waals surface area contributed by atoms with Crippen LogP contribution in [0.15, 0.2) is 79.0 Å². The van der Waals surface area contributed by atoms with Crippen molar-refractivity contribution in [3.8, 4) is 11.1 Å². The van der Waals surface area contributed by atoms with Crippen LogP contribution < -0.4 is 11.1 Å². The zero-order valence-electron chi connectivity index (χ0n) is 21.2. The fourth-order valence-electron chi connectivity index (χ4n) is 4.48. The van der Waals surface area contributed by atoms with Crippen LogP contribution in [-0.2, 0) is 4.79 Å². The van der Waals surface area contributed by atoms with Gasteiger partial charge in [-0.3, -0.25) is 19.6 Å². The number of rotatable bonds is 6. The Morgan fingerprint density at radius 2 is 1.78 bits per heavy atom. The highest BCUT2D eigenvalue weighted by Crippen LogP contribution is 2.30. The number of amides is 2. The minimum Gasteiger partial charge on any atom is -0.398 e. The Morgan fingerprint density at radius 3 is 2.46 bits per heavy atom. The summed E-state index contributed by atoms with van der Waals surface area (Å²) < 4.78 is 0. The van der Waals surface area contributed by atoms with Crippen molar-refractivity contribution in [3.63, 3.8) is 0 Å². The third-order valence-corrected chi connectivity index (χ3v) is 6.45. The molecule has 188 valence electrons. The lowest BCUT2D eigenvalue weighted by atomic mass is 9.95. The highest BCUT2D eigenvalue weighted by Gasteiger charge is 2.20. The van der Waals surface area contributed by atoms with Crippen molar-refractivity contribution in [3.05, 3.63) is 101 Å². The van der Waals surface area contributed by atoms with Crippen LogP contribution in [0, 0.1) is 6.92 Å². The van der Waals surface area contributed by atoms with Gasteiger partial charge in [0.05, 0.1) is 0 Å². The molecule has 1 saturated heterocycles. The van der Waals surface area contributed by atoms with Crippen LogP contribution in [0.4, 0.5) is 5.69 Å².